The van der Waals surface area contributed by atoms with Crippen LogP contribution in [0, 0.1) is 0 Å². The lowest BCUT2D eigenvalue weighted by atomic mass is 10.2. The van der Waals surface area contributed by atoms with Gasteiger partial charge < -0.3 is 15.4 Å². The molecule has 0 spiro atoms. The molecule has 8 nitrogen and oxygen atoms in total. The number of anilines is 3. The highest BCUT2D eigenvalue weighted by molar-refractivity contribution is 8.00. The van der Waals surface area contributed by atoms with Crippen LogP contribution in [-0.4, -0.2) is 42.6 Å². The summed E-state index contributed by atoms with van der Waals surface area (Å²) in [6, 6.07) is 13.9. The second-order valence-electron chi connectivity index (χ2n) is 6.21. The Morgan fingerprint density at radius 3 is 2.55 bits per heavy atom. The monoisotopic (exact) mass is 413 g/mol. The Morgan fingerprint density at radius 1 is 1.07 bits per heavy atom. The van der Waals surface area contributed by atoms with Gasteiger partial charge in [-0.3, -0.25) is 24.1 Å². The van der Waals surface area contributed by atoms with Gasteiger partial charge in [0.1, 0.15) is 6.54 Å². The molecule has 3 amide bonds. The Hall–Kier alpha value is -3.33. The smallest absolute Gasteiger partial charge is 0.326 e. The number of rotatable bonds is 6. The number of hydrogen-bond acceptors (Lipinski definition) is 6. The van der Waals surface area contributed by atoms with Crippen molar-refractivity contribution in [1.82, 2.24) is 0 Å². The SMILES string of the molecule is CC(=O)Nc1cccc(NC(=O)COC(=O)CN2C(=O)CSc3ccccc32)c1. The van der Waals surface area contributed by atoms with Crippen LogP contribution in [0.1, 0.15) is 6.92 Å². The van der Waals surface area contributed by atoms with Gasteiger partial charge in [0.05, 0.1) is 11.4 Å². The number of hydrogen-bond donors (Lipinski definition) is 2. The van der Waals surface area contributed by atoms with E-state index in [1.54, 1.807) is 36.4 Å². The topological polar surface area (TPSA) is 105 Å². The van der Waals surface area contributed by atoms with Gasteiger partial charge in [0, 0.05) is 23.2 Å². The van der Waals surface area contributed by atoms with Crippen LogP contribution in [0.25, 0.3) is 0 Å². The molecular formula is C20H19N3O5S. The zero-order valence-electron chi connectivity index (χ0n) is 15.6. The molecule has 0 saturated heterocycles. The predicted molar refractivity (Wildman–Crippen MR) is 110 cm³/mol. The number of carbonyl (C=O) groups is 4. The summed E-state index contributed by atoms with van der Waals surface area (Å²) in [6.07, 6.45) is 0. The first-order chi connectivity index (χ1) is 13.9. The van der Waals surface area contributed by atoms with Gasteiger partial charge in [0.15, 0.2) is 6.61 Å². The molecule has 0 aliphatic carbocycles. The molecule has 1 heterocycles. The first-order valence-electron chi connectivity index (χ1n) is 8.77. The second kappa shape index (κ2) is 9.24. The fourth-order valence-corrected chi connectivity index (χ4v) is 3.66. The zero-order chi connectivity index (χ0) is 20.8. The van der Waals surface area contributed by atoms with Crippen LogP contribution in [0.4, 0.5) is 17.1 Å². The number of nitrogens with one attached hydrogen (secondary N) is 2. The zero-order valence-corrected chi connectivity index (χ0v) is 16.5. The van der Waals surface area contributed by atoms with Gasteiger partial charge in [-0.25, -0.2) is 0 Å². The molecule has 2 aromatic carbocycles. The minimum atomic E-state index is -0.679. The molecule has 29 heavy (non-hydrogen) atoms. The maximum absolute atomic E-state index is 12.2. The molecule has 0 radical (unpaired) electrons. The number of benzene rings is 2. The van der Waals surface area contributed by atoms with Crippen molar-refractivity contribution in [3.8, 4) is 0 Å². The van der Waals surface area contributed by atoms with Crippen LogP contribution in [-0.2, 0) is 23.9 Å². The van der Waals surface area contributed by atoms with Gasteiger partial charge in [-0.15, -0.1) is 11.8 Å². The van der Waals surface area contributed by atoms with Gasteiger partial charge in [-0.05, 0) is 30.3 Å². The maximum atomic E-state index is 12.2. The number of thioether (sulfide) groups is 1. The standard InChI is InChI=1S/C20H19N3O5S/c1-13(24)21-14-5-4-6-15(9-14)22-18(25)11-28-20(27)10-23-16-7-2-3-8-17(16)29-12-19(23)26/h2-9H,10-12H2,1H3,(H,21,24)(H,22,25). The number of carbonyl (C=O) groups excluding carboxylic acids is 4. The predicted octanol–water partition coefficient (Wildman–Crippen LogP) is 2.27. The van der Waals surface area contributed by atoms with Gasteiger partial charge in [-0.2, -0.15) is 0 Å². The lowest BCUT2D eigenvalue weighted by Gasteiger charge is -2.27. The summed E-state index contributed by atoms with van der Waals surface area (Å²) in [5.41, 5.74) is 1.65. The van der Waals surface area contributed by atoms with E-state index in [0.29, 0.717) is 17.1 Å². The van der Waals surface area contributed by atoms with Gasteiger partial charge in [-0.1, -0.05) is 18.2 Å². The Labute approximate surface area is 171 Å². The van der Waals surface area contributed by atoms with E-state index in [1.165, 1.54) is 23.6 Å². The quantitative estimate of drug-likeness (QED) is 0.704. The summed E-state index contributed by atoms with van der Waals surface area (Å²) >= 11 is 1.42. The minimum Gasteiger partial charge on any atom is -0.454 e. The van der Waals surface area contributed by atoms with Crippen LogP contribution >= 0.6 is 11.8 Å². The first-order valence-corrected chi connectivity index (χ1v) is 9.76. The van der Waals surface area contributed by atoms with Gasteiger partial charge in [0.25, 0.3) is 5.91 Å². The highest BCUT2D eigenvalue weighted by atomic mass is 32.2. The van der Waals surface area contributed by atoms with Crippen LogP contribution in [0.3, 0.4) is 0 Å². The molecule has 0 saturated carbocycles. The fraction of sp³-hybridized carbons (Fsp3) is 0.200. The third kappa shape index (κ3) is 5.58. The van der Waals surface area contributed by atoms with E-state index in [1.807, 2.05) is 12.1 Å². The summed E-state index contributed by atoms with van der Waals surface area (Å²) in [5.74, 6) is -1.38. The lowest BCUT2D eigenvalue weighted by molar-refractivity contribution is -0.146. The normalized spacial score (nSPS) is 12.7. The van der Waals surface area contributed by atoms with Crippen molar-refractivity contribution in [2.75, 3.05) is 34.4 Å². The number of fused-ring (bicyclic) bond motifs is 1. The van der Waals surface area contributed by atoms with Gasteiger partial charge >= 0.3 is 5.97 Å². The molecule has 0 atom stereocenters. The third-order valence-electron chi connectivity index (χ3n) is 3.93. The second-order valence-corrected chi connectivity index (χ2v) is 7.22. The largest absolute Gasteiger partial charge is 0.454 e. The van der Waals surface area contributed by atoms with Crippen molar-refractivity contribution in [1.29, 1.82) is 0 Å². The lowest BCUT2D eigenvalue weighted by Crippen LogP contribution is -2.40. The molecule has 9 heteroatoms. The van der Waals surface area contributed by atoms with E-state index < -0.39 is 18.5 Å². The molecule has 3 rings (SSSR count). The summed E-state index contributed by atoms with van der Waals surface area (Å²) in [5, 5.41) is 5.20. The summed E-state index contributed by atoms with van der Waals surface area (Å²) in [7, 11) is 0. The Balaban J connectivity index is 1.53. The van der Waals surface area contributed by atoms with Crippen molar-refractivity contribution in [2.24, 2.45) is 0 Å². The molecule has 1 aliphatic heterocycles. The minimum absolute atomic E-state index is 0.190. The maximum Gasteiger partial charge on any atom is 0.326 e. The molecule has 0 fully saturated rings. The van der Waals surface area contributed by atoms with Crippen molar-refractivity contribution in [3.63, 3.8) is 0 Å². The van der Waals surface area contributed by atoms with Crippen LogP contribution in [0.15, 0.2) is 53.4 Å². The summed E-state index contributed by atoms with van der Waals surface area (Å²) in [4.78, 5) is 49.7. The number of ether oxygens (including phenoxy) is 1. The third-order valence-corrected chi connectivity index (χ3v) is 4.97. The number of amides is 3. The fourth-order valence-electron chi connectivity index (χ4n) is 2.72. The van der Waals surface area contributed by atoms with Crippen molar-refractivity contribution in [3.05, 3.63) is 48.5 Å². The van der Waals surface area contributed by atoms with Crippen LogP contribution < -0.4 is 15.5 Å². The van der Waals surface area contributed by atoms with Crippen LogP contribution in [0.5, 0.6) is 0 Å². The molecule has 150 valence electrons. The molecular weight excluding hydrogens is 394 g/mol. The van der Waals surface area contributed by atoms with E-state index in [9.17, 15) is 19.2 Å². The highest BCUT2D eigenvalue weighted by Gasteiger charge is 2.26. The van der Waals surface area contributed by atoms with E-state index in [2.05, 4.69) is 10.6 Å². The number of esters is 1. The van der Waals surface area contributed by atoms with E-state index >= 15 is 0 Å². The molecule has 0 unspecified atom stereocenters. The van der Waals surface area contributed by atoms with Gasteiger partial charge in [0.2, 0.25) is 11.8 Å². The Bertz CT molecular complexity index is 963. The van der Waals surface area contributed by atoms with E-state index in [-0.39, 0.29) is 24.1 Å². The van der Waals surface area contributed by atoms with E-state index in [0.717, 1.165) is 4.90 Å². The van der Waals surface area contributed by atoms with Crippen molar-refractivity contribution in [2.45, 2.75) is 11.8 Å². The number of nitrogens with zero attached hydrogens (tertiary/aromatic N) is 1. The van der Waals surface area contributed by atoms with Crippen molar-refractivity contribution >= 4 is 52.5 Å². The molecule has 0 aromatic heterocycles. The van der Waals surface area contributed by atoms with Crippen molar-refractivity contribution < 1.29 is 23.9 Å². The highest BCUT2D eigenvalue weighted by Crippen LogP contribution is 2.34. The van der Waals surface area contributed by atoms with E-state index in [4.69, 9.17) is 4.74 Å². The summed E-state index contributed by atoms with van der Waals surface area (Å²) in [6.45, 7) is 0.637. The Morgan fingerprint density at radius 2 is 1.79 bits per heavy atom. The molecule has 1 aliphatic rings. The molecule has 0 bridgehead atoms. The average Bonchev–Trinajstić information content (AvgIpc) is 2.68. The average molecular weight is 413 g/mol. The first kappa shape index (κ1) is 20.4. The molecule has 2 N–H and O–H groups in total. The van der Waals surface area contributed by atoms with Crippen LogP contribution in [0.2, 0.25) is 0 Å². The summed E-state index contributed by atoms with van der Waals surface area (Å²) < 4.78 is 5.02. The number of para-hydroxylation sites is 1. The molecule has 2 aromatic rings. The Kier molecular flexibility index (Phi) is 6.50.